The first-order valence-corrected chi connectivity index (χ1v) is 7.82. The lowest BCUT2D eigenvalue weighted by atomic mass is 9.87. The van der Waals surface area contributed by atoms with Gasteiger partial charge in [0.05, 0.1) is 19.3 Å². The summed E-state index contributed by atoms with van der Waals surface area (Å²) < 4.78 is 5.25. The van der Waals surface area contributed by atoms with E-state index in [0.29, 0.717) is 37.6 Å². The van der Waals surface area contributed by atoms with Crippen molar-refractivity contribution in [2.75, 3.05) is 31.6 Å². The molecule has 1 fully saturated rings. The van der Waals surface area contributed by atoms with Crippen LogP contribution in [0.5, 0.6) is 0 Å². The predicted octanol–water partition coefficient (Wildman–Crippen LogP) is 1.47. The lowest BCUT2D eigenvalue weighted by molar-refractivity contribution is -0.119. The Hall–Kier alpha value is -1.92. The molecule has 1 heterocycles. The molecule has 0 saturated carbocycles. The molecule has 0 unspecified atom stereocenters. The number of nitrogens with zero attached hydrogens (tertiary/aromatic N) is 1. The molecule has 1 aromatic rings. The van der Waals surface area contributed by atoms with E-state index < -0.39 is 6.04 Å². The summed E-state index contributed by atoms with van der Waals surface area (Å²) in [6.07, 6.45) is 0. The van der Waals surface area contributed by atoms with Gasteiger partial charge in [0, 0.05) is 24.3 Å². The van der Waals surface area contributed by atoms with Crippen LogP contribution in [0.1, 0.15) is 31.1 Å². The number of nitrogens with two attached hydrogens (primary N) is 1. The van der Waals surface area contributed by atoms with Crippen LogP contribution >= 0.6 is 0 Å². The molecule has 126 valence electrons. The van der Waals surface area contributed by atoms with Gasteiger partial charge in [0.25, 0.3) is 5.91 Å². The van der Waals surface area contributed by atoms with Crippen molar-refractivity contribution in [3.05, 3.63) is 29.8 Å². The molecule has 6 nitrogen and oxygen atoms in total. The van der Waals surface area contributed by atoms with Crippen molar-refractivity contribution in [1.82, 2.24) is 4.90 Å². The Morgan fingerprint density at radius 1 is 1.17 bits per heavy atom. The molecule has 1 saturated heterocycles. The van der Waals surface area contributed by atoms with E-state index in [4.69, 9.17) is 10.5 Å². The van der Waals surface area contributed by atoms with Crippen LogP contribution in [0, 0.1) is 5.41 Å². The zero-order valence-corrected chi connectivity index (χ0v) is 14.0. The fourth-order valence-corrected chi connectivity index (χ4v) is 2.26. The lowest BCUT2D eigenvalue weighted by Crippen LogP contribution is -2.45. The smallest absolute Gasteiger partial charge is 0.254 e. The first-order valence-electron chi connectivity index (χ1n) is 7.82. The summed E-state index contributed by atoms with van der Waals surface area (Å²) in [4.78, 5) is 26.2. The van der Waals surface area contributed by atoms with Gasteiger partial charge in [0.15, 0.2) is 0 Å². The van der Waals surface area contributed by atoms with Gasteiger partial charge in [-0.3, -0.25) is 9.59 Å². The summed E-state index contributed by atoms with van der Waals surface area (Å²) >= 11 is 0. The van der Waals surface area contributed by atoms with Crippen molar-refractivity contribution >= 4 is 17.5 Å². The molecule has 0 aromatic heterocycles. The topological polar surface area (TPSA) is 84.7 Å². The Morgan fingerprint density at radius 2 is 1.74 bits per heavy atom. The summed E-state index contributed by atoms with van der Waals surface area (Å²) in [5, 5.41) is 2.79. The van der Waals surface area contributed by atoms with E-state index in [-0.39, 0.29) is 17.2 Å². The molecule has 0 bridgehead atoms. The number of amides is 2. The number of benzene rings is 1. The standard InChI is InChI=1S/C17H25N3O3/c1-17(2,3)14(18)15(21)19-13-6-4-12(5-7-13)16(22)20-8-10-23-11-9-20/h4-7,14H,8-11,18H2,1-3H3,(H,19,21)/t14-/m1/s1. The number of carbonyl (C=O) groups excluding carboxylic acids is 2. The second-order valence-electron chi connectivity index (χ2n) is 6.81. The molecule has 1 aliphatic rings. The van der Waals surface area contributed by atoms with Gasteiger partial charge in [-0.1, -0.05) is 20.8 Å². The van der Waals surface area contributed by atoms with Crippen LogP contribution in [-0.2, 0) is 9.53 Å². The Bertz CT molecular complexity index is 557. The minimum Gasteiger partial charge on any atom is -0.378 e. The number of carbonyl (C=O) groups is 2. The summed E-state index contributed by atoms with van der Waals surface area (Å²) in [5.74, 6) is -0.248. The molecule has 1 aromatic carbocycles. The number of rotatable bonds is 3. The van der Waals surface area contributed by atoms with Crippen molar-refractivity contribution in [3.8, 4) is 0 Å². The summed E-state index contributed by atoms with van der Waals surface area (Å²) in [6, 6.07) is 6.28. The van der Waals surface area contributed by atoms with Crippen molar-refractivity contribution in [3.63, 3.8) is 0 Å². The highest BCUT2D eigenvalue weighted by molar-refractivity contribution is 5.97. The van der Waals surface area contributed by atoms with E-state index >= 15 is 0 Å². The fraction of sp³-hybridized carbons (Fsp3) is 0.529. The lowest BCUT2D eigenvalue weighted by Gasteiger charge is -2.27. The second-order valence-corrected chi connectivity index (χ2v) is 6.81. The highest BCUT2D eigenvalue weighted by atomic mass is 16.5. The molecule has 2 amide bonds. The van der Waals surface area contributed by atoms with Gasteiger partial charge in [-0.25, -0.2) is 0 Å². The molecule has 2 rings (SSSR count). The highest BCUT2D eigenvalue weighted by Gasteiger charge is 2.27. The third-order valence-electron chi connectivity index (χ3n) is 3.91. The number of hydrogen-bond donors (Lipinski definition) is 2. The maximum Gasteiger partial charge on any atom is 0.254 e. The molecule has 0 spiro atoms. The predicted molar refractivity (Wildman–Crippen MR) is 89.2 cm³/mol. The van der Waals surface area contributed by atoms with Gasteiger partial charge in [0.1, 0.15) is 0 Å². The monoisotopic (exact) mass is 319 g/mol. The molecule has 0 aliphatic carbocycles. The molecule has 1 aliphatic heterocycles. The maximum atomic E-state index is 12.3. The summed E-state index contributed by atoms with van der Waals surface area (Å²) in [5.41, 5.74) is 6.86. The summed E-state index contributed by atoms with van der Waals surface area (Å²) in [7, 11) is 0. The van der Waals surface area contributed by atoms with Crippen LogP contribution in [0.25, 0.3) is 0 Å². The van der Waals surface area contributed by atoms with Crippen LogP contribution in [0.15, 0.2) is 24.3 Å². The number of hydrogen-bond acceptors (Lipinski definition) is 4. The van der Waals surface area contributed by atoms with E-state index in [1.165, 1.54) is 0 Å². The first kappa shape index (κ1) is 17.4. The third-order valence-corrected chi connectivity index (χ3v) is 3.91. The largest absolute Gasteiger partial charge is 0.378 e. The second kappa shape index (κ2) is 7.10. The highest BCUT2D eigenvalue weighted by Crippen LogP contribution is 2.19. The number of anilines is 1. The van der Waals surface area contributed by atoms with Gasteiger partial charge in [-0.15, -0.1) is 0 Å². The van der Waals surface area contributed by atoms with Crippen molar-refractivity contribution in [2.24, 2.45) is 11.1 Å². The van der Waals surface area contributed by atoms with E-state index in [0.717, 1.165) is 0 Å². The van der Waals surface area contributed by atoms with Crippen molar-refractivity contribution < 1.29 is 14.3 Å². The Kier molecular flexibility index (Phi) is 5.38. The van der Waals surface area contributed by atoms with E-state index in [1.807, 2.05) is 20.8 Å². The van der Waals surface area contributed by atoms with Gasteiger partial charge in [0.2, 0.25) is 5.91 Å². The van der Waals surface area contributed by atoms with E-state index in [2.05, 4.69) is 5.32 Å². The number of morpholine rings is 1. The van der Waals surface area contributed by atoms with Gasteiger partial charge < -0.3 is 20.7 Å². The fourth-order valence-electron chi connectivity index (χ4n) is 2.26. The van der Waals surface area contributed by atoms with Crippen LogP contribution in [0.2, 0.25) is 0 Å². The summed E-state index contributed by atoms with van der Waals surface area (Å²) in [6.45, 7) is 8.12. The van der Waals surface area contributed by atoms with Crippen LogP contribution in [0.3, 0.4) is 0 Å². The number of ether oxygens (including phenoxy) is 1. The van der Waals surface area contributed by atoms with E-state index in [1.54, 1.807) is 29.2 Å². The molecular weight excluding hydrogens is 294 g/mol. The average Bonchev–Trinajstić information content (AvgIpc) is 2.54. The Labute approximate surface area is 137 Å². The third kappa shape index (κ3) is 4.53. The maximum absolute atomic E-state index is 12.3. The molecule has 23 heavy (non-hydrogen) atoms. The number of nitrogens with one attached hydrogen (secondary N) is 1. The molecular formula is C17H25N3O3. The molecule has 1 atom stereocenters. The Balaban J connectivity index is 1.99. The van der Waals surface area contributed by atoms with Crippen LogP contribution in [0.4, 0.5) is 5.69 Å². The van der Waals surface area contributed by atoms with E-state index in [9.17, 15) is 9.59 Å². The van der Waals surface area contributed by atoms with Crippen LogP contribution in [-0.4, -0.2) is 49.1 Å². The molecule has 0 radical (unpaired) electrons. The first-order chi connectivity index (χ1) is 10.8. The quantitative estimate of drug-likeness (QED) is 0.883. The van der Waals surface area contributed by atoms with Crippen LogP contribution < -0.4 is 11.1 Å². The minimum absolute atomic E-state index is 0.0161. The van der Waals surface area contributed by atoms with Gasteiger partial charge in [-0.05, 0) is 29.7 Å². The van der Waals surface area contributed by atoms with Crippen molar-refractivity contribution in [2.45, 2.75) is 26.8 Å². The normalized spacial score (nSPS) is 16.8. The van der Waals surface area contributed by atoms with Gasteiger partial charge in [-0.2, -0.15) is 0 Å². The molecule has 6 heteroatoms. The van der Waals surface area contributed by atoms with Crippen molar-refractivity contribution in [1.29, 1.82) is 0 Å². The average molecular weight is 319 g/mol. The SMILES string of the molecule is CC(C)(C)[C@H](N)C(=O)Nc1ccc(C(=O)N2CCOCC2)cc1. The zero-order valence-electron chi connectivity index (χ0n) is 14.0. The molecule has 3 N–H and O–H groups in total. The minimum atomic E-state index is -0.600. The van der Waals surface area contributed by atoms with Gasteiger partial charge >= 0.3 is 0 Å². The zero-order chi connectivity index (χ0) is 17.0. The Morgan fingerprint density at radius 3 is 2.26 bits per heavy atom.